The minimum Gasteiger partial charge on any atom is -0.404 e. The highest BCUT2D eigenvalue weighted by Gasteiger charge is 2.06. The van der Waals surface area contributed by atoms with Crippen LogP contribution in [0.15, 0.2) is 72.5 Å². The summed E-state index contributed by atoms with van der Waals surface area (Å²) in [7, 11) is 0. The summed E-state index contributed by atoms with van der Waals surface area (Å²) in [5, 5.41) is 14.1. The Morgan fingerprint density at radius 1 is 1.15 bits per heavy atom. The monoisotopic (exact) mass is 442 g/mol. The van der Waals surface area contributed by atoms with Crippen LogP contribution in [0.25, 0.3) is 16.6 Å². The number of pyridine rings is 3. The van der Waals surface area contributed by atoms with Gasteiger partial charge in [0.15, 0.2) is 0 Å². The molecule has 0 aromatic carbocycles. The number of fused-ring (bicyclic) bond motifs is 1. The van der Waals surface area contributed by atoms with Crippen LogP contribution in [0.2, 0.25) is 0 Å². The number of aromatic nitrogens is 3. The van der Waals surface area contributed by atoms with Crippen molar-refractivity contribution in [2.45, 2.75) is 27.3 Å². The Bertz CT molecular complexity index is 1220. The molecule has 0 saturated carbocycles. The lowest BCUT2D eigenvalue weighted by molar-refractivity contribution is 0.786. The van der Waals surface area contributed by atoms with E-state index in [9.17, 15) is 0 Å². The van der Waals surface area contributed by atoms with Gasteiger partial charge in [-0.15, -0.1) is 0 Å². The number of rotatable bonds is 9. The smallest absolute Gasteiger partial charge is 0.132 e. The summed E-state index contributed by atoms with van der Waals surface area (Å²) in [6.45, 7) is 6.61. The molecule has 0 atom stereocenters. The van der Waals surface area contributed by atoms with Gasteiger partial charge in [0.2, 0.25) is 0 Å². The van der Waals surface area contributed by atoms with Crippen LogP contribution in [-0.2, 0) is 6.54 Å². The predicted molar refractivity (Wildman–Crippen MR) is 135 cm³/mol. The summed E-state index contributed by atoms with van der Waals surface area (Å²) in [6.07, 6.45) is 8.16. The van der Waals surface area contributed by atoms with Crippen molar-refractivity contribution < 1.29 is 0 Å². The summed E-state index contributed by atoms with van der Waals surface area (Å²) in [4.78, 5) is 13.6. The lowest BCUT2D eigenvalue weighted by Crippen LogP contribution is -2.12. The number of hydrogen-bond donors (Lipinski definition) is 5. The minimum absolute atomic E-state index is 0.258. The maximum atomic E-state index is 7.83. The molecule has 3 aromatic heterocycles. The average Bonchev–Trinajstić information content (AvgIpc) is 2.79. The van der Waals surface area contributed by atoms with E-state index in [2.05, 4.69) is 25.6 Å². The number of anilines is 1. The van der Waals surface area contributed by atoms with Gasteiger partial charge < -0.3 is 27.5 Å². The molecule has 0 amide bonds. The first-order valence-corrected chi connectivity index (χ1v) is 10.7. The summed E-state index contributed by atoms with van der Waals surface area (Å²) in [5.74, 6) is 1.30. The van der Waals surface area contributed by atoms with Gasteiger partial charge in [0.05, 0.1) is 23.3 Å². The van der Waals surface area contributed by atoms with E-state index in [0.717, 1.165) is 28.0 Å². The molecule has 3 heterocycles. The van der Waals surface area contributed by atoms with Gasteiger partial charge in [-0.25, -0.2) is 4.98 Å². The number of nitrogens with zero attached hydrogens (tertiary/aromatic N) is 3. The summed E-state index contributed by atoms with van der Waals surface area (Å²) >= 11 is 0. The Morgan fingerprint density at radius 3 is 2.67 bits per heavy atom. The Labute approximate surface area is 194 Å². The summed E-state index contributed by atoms with van der Waals surface area (Å²) < 4.78 is 0. The van der Waals surface area contributed by atoms with Crippen LogP contribution >= 0.6 is 0 Å². The Morgan fingerprint density at radius 2 is 1.97 bits per heavy atom. The fourth-order valence-electron chi connectivity index (χ4n) is 3.18. The van der Waals surface area contributed by atoms with E-state index in [-0.39, 0.29) is 5.92 Å². The largest absolute Gasteiger partial charge is 0.404 e. The van der Waals surface area contributed by atoms with Crippen molar-refractivity contribution in [1.29, 1.82) is 5.41 Å². The summed E-state index contributed by atoms with van der Waals surface area (Å²) in [6, 6.07) is 11.5. The zero-order chi connectivity index (χ0) is 23.8. The predicted octanol–water partition coefficient (Wildman–Crippen LogP) is 3.82. The Kier molecular flexibility index (Phi) is 7.75. The van der Waals surface area contributed by atoms with Crippen molar-refractivity contribution in [3.8, 4) is 0 Å². The molecule has 33 heavy (non-hydrogen) atoms. The molecule has 0 saturated heterocycles. The second-order valence-electron chi connectivity index (χ2n) is 7.90. The zero-order valence-electron chi connectivity index (χ0n) is 19.1. The second kappa shape index (κ2) is 10.9. The van der Waals surface area contributed by atoms with E-state index in [1.807, 2.05) is 57.2 Å². The van der Waals surface area contributed by atoms with Gasteiger partial charge in [-0.1, -0.05) is 19.9 Å². The number of nitrogens with one attached hydrogen (secondary N) is 3. The first-order chi connectivity index (χ1) is 15.9. The quantitative estimate of drug-likeness (QED) is 0.251. The normalized spacial score (nSPS) is 12.8. The van der Waals surface area contributed by atoms with E-state index >= 15 is 0 Å². The molecule has 0 spiro atoms. The fourth-order valence-corrected chi connectivity index (χ4v) is 3.18. The first-order valence-electron chi connectivity index (χ1n) is 10.7. The molecular weight excluding hydrogens is 412 g/mol. The van der Waals surface area contributed by atoms with Crippen molar-refractivity contribution in [3.63, 3.8) is 0 Å². The van der Waals surface area contributed by atoms with Crippen LogP contribution in [0.5, 0.6) is 0 Å². The molecule has 8 nitrogen and oxygen atoms in total. The maximum Gasteiger partial charge on any atom is 0.132 e. The third-order valence-corrected chi connectivity index (χ3v) is 4.97. The number of hydrogen-bond acceptors (Lipinski definition) is 8. The van der Waals surface area contributed by atoms with Gasteiger partial charge in [-0.05, 0) is 61.0 Å². The van der Waals surface area contributed by atoms with Crippen molar-refractivity contribution in [2.24, 2.45) is 17.4 Å². The van der Waals surface area contributed by atoms with Crippen LogP contribution in [-0.4, -0.2) is 21.2 Å². The van der Waals surface area contributed by atoms with Crippen molar-refractivity contribution in [1.82, 2.24) is 20.3 Å². The van der Waals surface area contributed by atoms with Gasteiger partial charge in [0, 0.05) is 35.4 Å². The molecule has 0 bridgehead atoms. The topological polar surface area (TPSA) is 139 Å². The fraction of sp³-hybridized carbons (Fsp3) is 0.200. The van der Waals surface area contributed by atoms with Crippen LogP contribution in [0, 0.1) is 18.3 Å². The molecule has 0 unspecified atom stereocenters. The molecule has 8 heteroatoms. The SMILES string of the molecule is Cc1cccc(CN/C=C(\C=N)c2cnc3ccc(N/C(N)=C/C(=C\N)C(C)C)nc3c2)n1. The third kappa shape index (κ3) is 6.39. The molecule has 170 valence electrons. The van der Waals surface area contributed by atoms with E-state index in [0.29, 0.717) is 29.3 Å². The van der Waals surface area contributed by atoms with Crippen LogP contribution < -0.4 is 22.1 Å². The molecule has 7 N–H and O–H groups in total. The van der Waals surface area contributed by atoms with Crippen LogP contribution in [0.3, 0.4) is 0 Å². The Hall–Kier alpha value is -4.20. The highest BCUT2D eigenvalue weighted by atomic mass is 15.1. The highest BCUT2D eigenvalue weighted by molar-refractivity contribution is 6.08. The number of aryl methyl sites for hydroxylation is 1. The van der Waals surface area contributed by atoms with E-state index in [1.165, 1.54) is 6.21 Å². The van der Waals surface area contributed by atoms with Crippen molar-refractivity contribution in [2.75, 3.05) is 5.32 Å². The molecule has 0 aliphatic carbocycles. The van der Waals surface area contributed by atoms with Crippen molar-refractivity contribution >= 4 is 28.6 Å². The van der Waals surface area contributed by atoms with Gasteiger partial charge in [0.25, 0.3) is 0 Å². The molecule has 3 aromatic rings. The second-order valence-corrected chi connectivity index (χ2v) is 7.90. The molecule has 0 aliphatic heterocycles. The standard InChI is InChI=1S/C25H30N8/c1-16(2)18(11-26)10-24(28)33-25-8-7-22-23(32-25)9-19(14-30-22)20(12-27)13-29-15-21-6-4-5-17(3)31-21/h4-14,16,27,29H,15,26,28H2,1-3H3,(H,32,33)/b18-11+,20-13+,24-10+,27-12?. The maximum absolute atomic E-state index is 7.83. The third-order valence-electron chi connectivity index (χ3n) is 4.97. The van der Waals surface area contributed by atoms with Crippen LogP contribution in [0.4, 0.5) is 5.82 Å². The molecule has 0 radical (unpaired) electrons. The molecule has 0 aliphatic rings. The lowest BCUT2D eigenvalue weighted by atomic mass is 10.0. The number of allylic oxidation sites excluding steroid dienone is 3. The minimum atomic E-state index is 0.258. The van der Waals surface area contributed by atoms with Gasteiger partial charge in [-0.3, -0.25) is 9.97 Å². The van der Waals surface area contributed by atoms with E-state index in [1.54, 1.807) is 24.7 Å². The molecular formula is C25H30N8. The first kappa shape index (κ1) is 23.5. The van der Waals surface area contributed by atoms with E-state index < -0.39 is 0 Å². The molecule has 0 fully saturated rings. The lowest BCUT2D eigenvalue weighted by Gasteiger charge is -2.10. The highest BCUT2D eigenvalue weighted by Crippen LogP contribution is 2.19. The number of nitrogens with two attached hydrogens (primary N) is 2. The summed E-state index contributed by atoms with van der Waals surface area (Å²) in [5.41, 5.74) is 17.5. The van der Waals surface area contributed by atoms with Gasteiger partial charge in [0.1, 0.15) is 11.6 Å². The average molecular weight is 443 g/mol. The van der Waals surface area contributed by atoms with E-state index in [4.69, 9.17) is 16.9 Å². The van der Waals surface area contributed by atoms with Crippen LogP contribution in [0.1, 0.15) is 30.8 Å². The zero-order valence-corrected chi connectivity index (χ0v) is 19.1. The molecule has 3 rings (SSSR count). The van der Waals surface area contributed by atoms with Crippen molar-refractivity contribution in [3.05, 3.63) is 89.4 Å². The van der Waals surface area contributed by atoms with Gasteiger partial charge in [-0.2, -0.15) is 0 Å². The van der Waals surface area contributed by atoms with Gasteiger partial charge >= 0.3 is 0 Å². The Balaban J connectivity index is 1.79.